The van der Waals surface area contributed by atoms with E-state index in [0.29, 0.717) is 21.8 Å². The number of hydrogen-bond donors (Lipinski definition) is 1. The zero-order valence-electron chi connectivity index (χ0n) is 16.4. The summed E-state index contributed by atoms with van der Waals surface area (Å²) in [5.74, 6) is -0.874. The normalized spacial score (nSPS) is 12.9. The molecule has 0 fully saturated rings. The van der Waals surface area contributed by atoms with E-state index in [-0.39, 0.29) is 24.3 Å². The number of hydrogen-bond acceptors (Lipinski definition) is 6. The quantitative estimate of drug-likeness (QED) is 0.585. The minimum absolute atomic E-state index is 0.158. The Labute approximate surface area is 177 Å². The summed E-state index contributed by atoms with van der Waals surface area (Å²) in [4.78, 5) is 38.7. The Morgan fingerprint density at radius 3 is 2.30 bits per heavy atom. The molecule has 152 valence electrons. The van der Waals surface area contributed by atoms with Gasteiger partial charge in [0.2, 0.25) is 5.13 Å². The first-order chi connectivity index (χ1) is 14.6. The number of anilines is 1. The molecule has 2 aromatic carbocycles. The molecule has 30 heavy (non-hydrogen) atoms. The fourth-order valence-electron chi connectivity index (χ4n) is 3.23. The number of rotatable bonds is 7. The van der Waals surface area contributed by atoms with Gasteiger partial charge in [0.15, 0.2) is 0 Å². The molecule has 0 saturated heterocycles. The minimum Gasteiger partial charge on any atom is -0.296 e. The Morgan fingerprint density at radius 1 is 1.00 bits per heavy atom. The molecule has 3 amide bonds. The number of imide groups is 1. The summed E-state index contributed by atoms with van der Waals surface area (Å²) in [6.45, 7) is 2.27. The number of amides is 3. The molecule has 0 aliphatic carbocycles. The lowest BCUT2D eigenvalue weighted by Gasteiger charge is -2.14. The van der Waals surface area contributed by atoms with E-state index in [9.17, 15) is 14.4 Å². The zero-order valence-corrected chi connectivity index (χ0v) is 17.2. The molecule has 0 atom stereocenters. The molecule has 8 heteroatoms. The summed E-state index contributed by atoms with van der Waals surface area (Å²) in [6.07, 6.45) is 2.97. The molecule has 0 bridgehead atoms. The molecule has 0 radical (unpaired) electrons. The molecule has 2 heterocycles. The molecule has 7 nitrogen and oxygen atoms in total. The number of nitrogens with zero attached hydrogens (tertiary/aromatic N) is 3. The molecule has 4 rings (SSSR count). The largest absolute Gasteiger partial charge is 0.296 e. The Morgan fingerprint density at radius 2 is 1.67 bits per heavy atom. The van der Waals surface area contributed by atoms with Crippen molar-refractivity contribution in [1.29, 1.82) is 0 Å². The van der Waals surface area contributed by atoms with Crippen molar-refractivity contribution in [2.24, 2.45) is 0 Å². The highest BCUT2D eigenvalue weighted by atomic mass is 32.1. The summed E-state index contributed by atoms with van der Waals surface area (Å²) in [5, 5.41) is 12.2. The van der Waals surface area contributed by atoms with Gasteiger partial charge < -0.3 is 0 Å². The highest BCUT2D eigenvalue weighted by Crippen LogP contribution is 2.24. The predicted molar refractivity (Wildman–Crippen MR) is 114 cm³/mol. The third-order valence-corrected chi connectivity index (χ3v) is 5.76. The van der Waals surface area contributed by atoms with Gasteiger partial charge in [0, 0.05) is 12.0 Å². The first-order valence-electron chi connectivity index (χ1n) is 9.74. The van der Waals surface area contributed by atoms with Crippen LogP contribution in [0, 0.1) is 0 Å². The maximum atomic E-state index is 12.5. The van der Waals surface area contributed by atoms with Crippen LogP contribution >= 0.6 is 11.3 Å². The summed E-state index contributed by atoms with van der Waals surface area (Å²) in [7, 11) is 0. The molecule has 0 spiro atoms. The van der Waals surface area contributed by atoms with E-state index in [2.05, 4.69) is 22.4 Å². The van der Waals surface area contributed by atoms with Gasteiger partial charge in [-0.25, -0.2) is 0 Å². The van der Waals surface area contributed by atoms with Crippen LogP contribution < -0.4 is 5.32 Å². The molecule has 1 N–H and O–H groups in total. The SMILES string of the molecule is CCCCc1nnc(NC(=O)c2ccc(CN3C(=O)c4ccccc4C3=O)cc2)s1. The zero-order chi connectivity index (χ0) is 21.1. The van der Waals surface area contributed by atoms with Crippen LogP contribution in [-0.4, -0.2) is 32.8 Å². The van der Waals surface area contributed by atoms with Gasteiger partial charge in [0.25, 0.3) is 17.7 Å². The van der Waals surface area contributed by atoms with Crippen molar-refractivity contribution in [3.05, 3.63) is 75.8 Å². The standard InChI is InChI=1S/C22H20N4O3S/c1-2-3-8-18-24-25-22(30-18)23-19(27)15-11-9-14(10-12-15)13-26-20(28)16-6-4-5-7-17(16)21(26)29/h4-7,9-12H,2-3,8,13H2,1H3,(H,23,25,27). The van der Waals surface area contributed by atoms with Crippen LogP contribution in [-0.2, 0) is 13.0 Å². The van der Waals surface area contributed by atoms with Crippen LogP contribution in [0.4, 0.5) is 5.13 Å². The van der Waals surface area contributed by atoms with E-state index in [1.54, 1.807) is 48.5 Å². The Balaban J connectivity index is 1.40. The van der Waals surface area contributed by atoms with Crippen LogP contribution in [0.5, 0.6) is 0 Å². The van der Waals surface area contributed by atoms with Crippen molar-refractivity contribution in [3.8, 4) is 0 Å². The van der Waals surface area contributed by atoms with Crippen molar-refractivity contribution in [2.75, 3.05) is 5.32 Å². The second kappa shape index (κ2) is 8.54. The topological polar surface area (TPSA) is 92.3 Å². The lowest BCUT2D eigenvalue weighted by atomic mass is 10.1. The fraction of sp³-hybridized carbons (Fsp3) is 0.227. The molecular formula is C22H20N4O3S. The molecular weight excluding hydrogens is 400 g/mol. The molecule has 3 aromatic rings. The van der Waals surface area contributed by atoms with Gasteiger partial charge in [0.1, 0.15) is 5.01 Å². The second-order valence-corrected chi connectivity index (χ2v) is 8.06. The van der Waals surface area contributed by atoms with Gasteiger partial charge in [-0.1, -0.05) is 48.9 Å². The van der Waals surface area contributed by atoms with Crippen molar-refractivity contribution in [1.82, 2.24) is 15.1 Å². The average molecular weight is 420 g/mol. The second-order valence-electron chi connectivity index (χ2n) is 7.00. The number of aryl methyl sites for hydroxylation is 1. The van der Waals surface area contributed by atoms with Gasteiger partial charge >= 0.3 is 0 Å². The Hall–Kier alpha value is -3.39. The van der Waals surface area contributed by atoms with Crippen LogP contribution in [0.25, 0.3) is 0 Å². The molecule has 0 unspecified atom stereocenters. The van der Waals surface area contributed by atoms with Gasteiger partial charge in [0.05, 0.1) is 17.7 Å². The summed E-state index contributed by atoms with van der Waals surface area (Å²) in [5.41, 5.74) is 2.08. The first kappa shape index (κ1) is 19.9. The highest BCUT2D eigenvalue weighted by Gasteiger charge is 2.34. The average Bonchev–Trinajstić information content (AvgIpc) is 3.31. The van der Waals surface area contributed by atoms with E-state index in [1.807, 2.05) is 0 Å². The lowest BCUT2D eigenvalue weighted by Crippen LogP contribution is -2.29. The number of carbonyl (C=O) groups is 3. The predicted octanol–water partition coefficient (Wildman–Crippen LogP) is 3.93. The van der Waals surface area contributed by atoms with E-state index in [0.717, 1.165) is 29.8 Å². The van der Waals surface area contributed by atoms with E-state index >= 15 is 0 Å². The van der Waals surface area contributed by atoms with Gasteiger partial charge in [-0.05, 0) is 36.2 Å². The van der Waals surface area contributed by atoms with E-state index in [4.69, 9.17) is 0 Å². The van der Waals surface area contributed by atoms with Crippen LogP contribution in [0.3, 0.4) is 0 Å². The third kappa shape index (κ3) is 3.99. The van der Waals surface area contributed by atoms with Crippen molar-refractivity contribution < 1.29 is 14.4 Å². The number of unbranched alkanes of at least 4 members (excludes halogenated alkanes) is 1. The summed E-state index contributed by atoms with van der Waals surface area (Å²) >= 11 is 1.38. The van der Waals surface area contributed by atoms with Crippen molar-refractivity contribution >= 4 is 34.2 Å². The van der Waals surface area contributed by atoms with Gasteiger partial charge in [-0.15, -0.1) is 10.2 Å². The van der Waals surface area contributed by atoms with E-state index in [1.165, 1.54) is 16.2 Å². The molecule has 1 aliphatic rings. The minimum atomic E-state index is -0.299. The van der Waals surface area contributed by atoms with Crippen LogP contribution in [0.15, 0.2) is 48.5 Å². The summed E-state index contributed by atoms with van der Waals surface area (Å²) in [6, 6.07) is 13.6. The number of benzene rings is 2. The molecule has 1 aromatic heterocycles. The summed E-state index contributed by atoms with van der Waals surface area (Å²) < 4.78 is 0. The third-order valence-electron chi connectivity index (χ3n) is 4.87. The van der Waals surface area contributed by atoms with Crippen molar-refractivity contribution in [2.45, 2.75) is 32.7 Å². The highest BCUT2D eigenvalue weighted by molar-refractivity contribution is 7.15. The first-order valence-corrected chi connectivity index (χ1v) is 10.6. The number of fused-ring (bicyclic) bond motifs is 1. The maximum absolute atomic E-state index is 12.5. The smallest absolute Gasteiger partial charge is 0.261 e. The number of aromatic nitrogens is 2. The van der Waals surface area contributed by atoms with Crippen LogP contribution in [0.2, 0.25) is 0 Å². The maximum Gasteiger partial charge on any atom is 0.261 e. The number of carbonyl (C=O) groups excluding carboxylic acids is 3. The van der Waals surface area contributed by atoms with Crippen LogP contribution in [0.1, 0.15) is 61.4 Å². The number of nitrogens with one attached hydrogen (secondary N) is 1. The van der Waals surface area contributed by atoms with Crippen molar-refractivity contribution in [3.63, 3.8) is 0 Å². The van der Waals surface area contributed by atoms with Gasteiger partial charge in [-0.2, -0.15) is 0 Å². The monoisotopic (exact) mass is 420 g/mol. The Bertz CT molecular complexity index is 1070. The lowest BCUT2D eigenvalue weighted by molar-refractivity contribution is 0.0642. The van der Waals surface area contributed by atoms with E-state index < -0.39 is 0 Å². The van der Waals surface area contributed by atoms with Gasteiger partial charge in [-0.3, -0.25) is 24.6 Å². The Kier molecular flexibility index (Phi) is 5.67. The fourth-order valence-corrected chi connectivity index (χ4v) is 4.01. The molecule has 0 saturated carbocycles. The molecule has 1 aliphatic heterocycles.